The molecule has 1 aliphatic rings. The molecule has 8 aromatic carbocycles. The maximum Gasteiger partial charge on any atom is 0.160 e. The van der Waals surface area contributed by atoms with Crippen LogP contribution in [0.2, 0.25) is 0 Å². The van der Waals surface area contributed by atoms with Crippen molar-refractivity contribution in [1.29, 1.82) is 5.26 Å². The van der Waals surface area contributed by atoms with Crippen molar-refractivity contribution in [3.63, 3.8) is 0 Å². The summed E-state index contributed by atoms with van der Waals surface area (Å²) < 4.78 is 0. The van der Waals surface area contributed by atoms with E-state index in [1.807, 2.05) is 18.2 Å². The van der Waals surface area contributed by atoms with Gasteiger partial charge in [-0.05, 0) is 103 Å². The van der Waals surface area contributed by atoms with Crippen molar-refractivity contribution in [1.82, 2.24) is 9.97 Å². The van der Waals surface area contributed by atoms with Crippen molar-refractivity contribution < 1.29 is 0 Å². The maximum atomic E-state index is 9.60. The Balaban J connectivity index is 1.02. The monoisotopic (exact) mass is 753 g/mol. The summed E-state index contributed by atoms with van der Waals surface area (Å²) in [6, 6.07) is 72.8. The molecule has 0 radical (unpaired) electrons. The molecule has 1 aromatic heterocycles. The van der Waals surface area contributed by atoms with E-state index in [1.165, 1.54) is 33.4 Å². The lowest BCUT2D eigenvalue weighted by Gasteiger charge is -2.21. The molecule has 0 unspecified atom stereocenters. The van der Waals surface area contributed by atoms with Gasteiger partial charge in [0.1, 0.15) is 0 Å². The summed E-state index contributed by atoms with van der Waals surface area (Å²) in [4.78, 5) is 10.4. The zero-order valence-electron chi connectivity index (χ0n) is 32.9. The molecule has 0 aliphatic heterocycles. The van der Waals surface area contributed by atoms with Gasteiger partial charge in [-0.1, -0.05) is 178 Å². The minimum atomic E-state index is -0.170. The molecule has 0 saturated heterocycles. The Morgan fingerprint density at radius 2 is 0.814 bits per heavy atom. The van der Waals surface area contributed by atoms with Crippen LogP contribution in [0.4, 0.5) is 0 Å². The first-order valence-corrected chi connectivity index (χ1v) is 20.0. The van der Waals surface area contributed by atoms with Crippen LogP contribution in [0.5, 0.6) is 0 Å². The van der Waals surface area contributed by atoms with Crippen molar-refractivity contribution >= 4 is 0 Å². The van der Waals surface area contributed by atoms with Gasteiger partial charge >= 0.3 is 0 Å². The fourth-order valence-electron chi connectivity index (χ4n) is 8.52. The molecule has 3 heteroatoms. The molecule has 9 aromatic rings. The van der Waals surface area contributed by atoms with Crippen molar-refractivity contribution in [3.8, 4) is 95.6 Å². The molecule has 0 bridgehead atoms. The summed E-state index contributed by atoms with van der Waals surface area (Å²) in [6.07, 6.45) is 0. The van der Waals surface area contributed by atoms with Crippen LogP contribution >= 0.6 is 0 Å². The zero-order valence-corrected chi connectivity index (χ0v) is 32.9. The van der Waals surface area contributed by atoms with Gasteiger partial charge in [0.2, 0.25) is 0 Å². The zero-order chi connectivity index (χ0) is 39.9. The van der Waals surface area contributed by atoms with Gasteiger partial charge in [-0.15, -0.1) is 0 Å². The van der Waals surface area contributed by atoms with Crippen molar-refractivity contribution in [2.45, 2.75) is 19.3 Å². The van der Waals surface area contributed by atoms with E-state index < -0.39 is 0 Å². The minimum Gasteiger partial charge on any atom is -0.228 e. The van der Waals surface area contributed by atoms with Crippen LogP contribution < -0.4 is 0 Å². The normalized spacial score (nSPS) is 12.4. The molecular weight excluding hydrogens is 715 g/mol. The lowest BCUT2D eigenvalue weighted by atomic mass is 9.81. The number of hydrogen-bond acceptors (Lipinski definition) is 3. The molecule has 0 fully saturated rings. The van der Waals surface area contributed by atoms with Crippen molar-refractivity contribution in [2.75, 3.05) is 0 Å². The predicted molar refractivity (Wildman–Crippen MR) is 242 cm³/mol. The van der Waals surface area contributed by atoms with E-state index in [-0.39, 0.29) is 5.41 Å². The smallest absolute Gasteiger partial charge is 0.160 e. The highest BCUT2D eigenvalue weighted by molar-refractivity contribution is 5.86. The first-order valence-electron chi connectivity index (χ1n) is 20.0. The minimum absolute atomic E-state index is 0.170. The van der Waals surface area contributed by atoms with E-state index in [1.54, 1.807) is 0 Å². The Hall–Kier alpha value is -7.67. The summed E-state index contributed by atoms with van der Waals surface area (Å²) in [5.41, 5.74) is 19.5. The first kappa shape index (κ1) is 35.7. The Kier molecular flexibility index (Phi) is 8.89. The molecular formula is C56H39N3. The molecule has 0 saturated carbocycles. The maximum absolute atomic E-state index is 9.60. The largest absolute Gasteiger partial charge is 0.228 e. The molecule has 0 amide bonds. The molecule has 3 nitrogen and oxygen atoms in total. The van der Waals surface area contributed by atoms with Gasteiger partial charge in [0, 0.05) is 22.1 Å². The second kappa shape index (κ2) is 14.7. The van der Waals surface area contributed by atoms with E-state index >= 15 is 0 Å². The second-order valence-corrected chi connectivity index (χ2v) is 15.8. The van der Waals surface area contributed by atoms with Crippen LogP contribution in [0.15, 0.2) is 200 Å². The molecule has 0 atom stereocenters. The standard InChI is InChI=1S/C56H39N3/c1-56(2)51-30-28-47(34-50(51)49-29-19-37(36-57)31-52(49)56)45-16-9-15-44(32-45)46-17-10-18-48(33-46)54-35-53(42-24-20-40(21-25-42)38-11-5-3-6-12-38)58-55(59-54)43-26-22-41(23-27-43)39-13-7-4-8-14-39/h3-35H,1-2H3. The van der Waals surface area contributed by atoms with E-state index in [9.17, 15) is 5.26 Å². The molecule has 59 heavy (non-hydrogen) atoms. The summed E-state index contributed by atoms with van der Waals surface area (Å²) in [6.45, 7) is 4.50. The number of benzene rings is 8. The Morgan fingerprint density at radius 3 is 1.41 bits per heavy atom. The molecule has 1 heterocycles. The number of hydrogen-bond donors (Lipinski definition) is 0. The van der Waals surface area contributed by atoms with Gasteiger partial charge in [-0.3, -0.25) is 0 Å². The van der Waals surface area contributed by atoms with Gasteiger partial charge in [0.25, 0.3) is 0 Å². The van der Waals surface area contributed by atoms with E-state index in [0.717, 1.165) is 61.5 Å². The summed E-state index contributed by atoms with van der Waals surface area (Å²) in [7, 11) is 0. The van der Waals surface area contributed by atoms with Crippen LogP contribution in [0.25, 0.3) is 89.5 Å². The van der Waals surface area contributed by atoms with E-state index in [4.69, 9.17) is 9.97 Å². The molecule has 10 rings (SSSR count). The van der Waals surface area contributed by atoms with Crippen LogP contribution in [-0.4, -0.2) is 9.97 Å². The van der Waals surface area contributed by atoms with Gasteiger partial charge in [-0.2, -0.15) is 5.26 Å². The fraction of sp³-hybridized carbons (Fsp3) is 0.0536. The Morgan fingerprint density at radius 1 is 0.356 bits per heavy atom. The highest BCUT2D eigenvalue weighted by Crippen LogP contribution is 2.50. The molecule has 0 N–H and O–H groups in total. The Labute approximate surface area is 345 Å². The lowest BCUT2D eigenvalue weighted by Crippen LogP contribution is -2.15. The van der Waals surface area contributed by atoms with Gasteiger partial charge < -0.3 is 0 Å². The summed E-state index contributed by atoms with van der Waals surface area (Å²) in [5, 5.41) is 9.60. The van der Waals surface area contributed by atoms with E-state index in [2.05, 4.69) is 202 Å². The van der Waals surface area contributed by atoms with Crippen LogP contribution in [0.1, 0.15) is 30.5 Å². The summed E-state index contributed by atoms with van der Waals surface area (Å²) in [5.74, 6) is 0.682. The first-order chi connectivity index (χ1) is 28.9. The van der Waals surface area contributed by atoms with Gasteiger partial charge in [-0.25, -0.2) is 9.97 Å². The van der Waals surface area contributed by atoms with Crippen LogP contribution in [-0.2, 0) is 5.41 Å². The topological polar surface area (TPSA) is 49.6 Å². The third-order valence-corrected chi connectivity index (χ3v) is 11.8. The Bertz CT molecular complexity index is 2950. The van der Waals surface area contributed by atoms with Crippen LogP contribution in [0.3, 0.4) is 0 Å². The number of nitrogens with zero attached hydrogens (tertiary/aromatic N) is 3. The lowest BCUT2D eigenvalue weighted by molar-refractivity contribution is 0.660. The highest BCUT2D eigenvalue weighted by Gasteiger charge is 2.35. The SMILES string of the molecule is CC1(C)c2ccc(-c3cccc(-c4cccc(-c5cc(-c6ccc(-c7ccccc7)cc6)nc(-c6ccc(-c7ccccc7)cc6)n5)c4)c3)cc2-c2ccc(C#N)cc21. The van der Waals surface area contributed by atoms with Gasteiger partial charge in [0.15, 0.2) is 5.82 Å². The molecule has 0 spiro atoms. The third kappa shape index (κ3) is 6.71. The molecule has 1 aliphatic carbocycles. The average Bonchev–Trinajstić information content (AvgIpc) is 3.54. The summed E-state index contributed by atoms with van der Waals surface area (Å²) >= 11 is 0. The number of nitriles is 1. The number of rotatable bonds is 7. The van der Waals surface area contributed by atoms with Crippen molar-refractivity contribution in [2.24, 2.45) is 0 Å². The average molecular weight is 754 g/mol. The van der Waals surface area contributed by atoms with Gasteiger partial charge in [0.05, 0.1) is 23.0 Å². The number of fused-ring (bicyclic) bond motifs is 3. The van der Waals surface area contributed by atoms with Crippen LogP contribution in [0, 0.1) is 11.3 Å². The van der Waals surface area contributed by atoms with Crippen molar-refractivity contribution in [3.05, 3.63) is 217 Å². The van der Waals surface area contributed by atoms with E-state index in [0.29, 0.717) is 11.4 Å². The second-order valence-electron chi connectivity index (χ2n) is 15.8. The third-order valence-electron chi connectivity index (χ3n) is 11.8. The fourth-order valence-corrected chi connectivity index (χ4v) is 8.52. The molecule has 278 valence electrons. The number of aromatic nitrogens is 2. The highest BCUT2D eigenvalue weighted by atomic mass is 14.9. The predicted octanol–water partition coefficient (Wildman–Crippen LogP) is 14.3. The quantitative estimate of drug-likeness (QED) is 0.163.